The van der Waals surface area contributed by atoms with Gasteiger partial charge in [0.2, 0.25) is 0 Å². The average molecular weight is 493 g/mol. The van der Waals surface area contributed by atoms with Crippen LogP contribution in [0.2, 0.25) is 5.02 Å². The summed E-state index contributed by atoms with van der Waals surface area (Å²) in [7, 11) is 0. The highest BCUT2D eigenvalue weighted by Crippen LogP contribution is 2.36. The van der Waals surface area contributed by atoms with Crippen LogP contribution in [0.3, 0.4) is 0 Å². The fraction of sp³-hybridized carbons (Fsp3) is 0.0800. The zero-order chi connectivity index (χ0) is 23.8. The van der Waals surface area contributed by atoms with Crippen LogP contribution < -0.4 is 4.74 Å². The Kier molecular flexibility index (Phi) is 5.69. The Bertz CT molecular complexity index is 1560. The van der Waals surface area contributed by atoms with Crippen molar-refractivity contribution in [1.82, 2.24) is 4.57 Å². The number of ether oxygens (including phenoxy) is 1. The molecule has 0 fully saturated rings. The molecule has 0 aliphatic carbocycles. The molecule has 9 heteroatoms. The number of hydrogen-bond acceptors (Lipinski definition) is 5. The van der Waals surface area contributed by atoms with Crippen LogP contribution in [0.15, 0.2) is 72.2 Å². The predicted molar refractivity (Wildman–Crippen MR) is 132 cm³/mol. The first kappa shape index (κ1) is 21.9. The van der Waals surface area contributed by atoms with Gasteiger partial charge in [0.1, 0.15) is 5.75 Å². The highest BCUT2D eigenvalue weighted by Gasteiger charge is 2.17. The lowest BCUT2D eigenvalue weighted by Gasteiger charge is -2.11. The average Bonchev–Trinajstić information content (AvgIpc) is 3.35. The van der Waals surface area contributed by atoms with Crippen LogP contribution in [0.5, 0.6) is 11.5 Å². The van der Waals surface area contributed by atoms with Gasteiger partial charge in [-0.3, -0.25) is 14.9 Å². The molecule has 5 rings (SSSR count). The maximum absolute atomic E-state index is 11.5. The first-order valence-electron chi connectivity index (χ1n) is 10.3. The van der Waals surface area contributed by atoms with Crippen molar-refractivity contribution in [3.63, 3.8) is 0 Å². The molecule has 3 aromatic carbocycles. The monoisotopic (exact) mass is 492 g/mol. The molecule has 0 atom stereocenters. The van der Waals surface area contributed by atoms with Gasteiger partial charge in [0.05, 0.1) is 16.9 Å². The van der Waals surface area contributed by atoms with Crippen molar-refractivity contribution in [1.29, 1.82) is 0 Å². The Hall–Kier alpha value is -3.88. The number of thiophene rings is 1. The van der Waals surface area contributed by atoms with Crippen LogP contribution in [0.1, 0.15) is 11.1 Å². The van der Waals surface area contributed by atoms with Crippen molar-refractivity contribution in [3.8, 4) is 11.5 Å². The van der Waals surface area contributed by atoms with E-state index in [2.05, 4.69) is 5.38 Å². The summed E-state index contributed by atoms with van der Waals surface area (Å²) in [6.45, 7) is 0.497. The number of carbonyl (C=O) groups is 1. The number of carboxylic acids is 1. The third kappa shape index (κ3) is 4.21. The van der Waals surface area contributed by atoms with E-state index in [4.69, 9.17) is 16.3 Å². The van der Waals surface area contributed by atoms with Crippen LogP contribution >= 0.6 is 22.9 Å². The second-order valence-electron chi connectivity index (χ2n) is 7.76. The summed E-state index contributed by atoms with van der Waals surface area (Å²) >= 11 is 7.85. The third-order valence-corrected chi connectivity index (χ3v) is 6.76. The van der Waals surface area contributed by atoms with Crippen LogP contribution in [0, 0.1) is 10.1 Å². The van der Waals surface area contributed by atoms with Gasteiger partial charge in [-0.2, -0.15) is 0 Å². The Morgan fingerprint density at radius 2 is 1.88 bits per heavy atom. The number of benzene rings is 3. The smallest absolute Gasteiger partial charge is 0.307 e. The summed E-state index contributed by atoms with van der Waals surface area (Å²) in [5.41, 5.74) is 2.46. The molecule has 2 heterocycles. The SMILES string of the molecule is O=C(O)Cc1cn(Cc2csc3ccc(Cl)cc23)c2c(Oc3ccc([N+](=O)[O-])cc3)cccc12. The van der Waals surface area contributed by atoms with E-state index in [0.717, 1.165) is 26.6 Å². The number of hydrogen-bond donors (Lipinski definition) is 1. The molecular formula is C25H17ClN2O5S. The number of rotatable bonds is 7. The number of non-ortho nitro benzene ring substituents is 1. The first-order chi connectivity index (χ1) is 16.4. The molecular weight excluding hydrogens is 476 g/mol. The Balaban J connectivity index is 1.60. The lowest BCUT2D eigenvalue weighted by atomic mass is 10.1. The summed E-state index contributed by atoms with van der Waals surface area (Å²) in [4.78, 5) is 22.0. The lowest BCUT2D eigenvalue weighted by Crippen LogP contribution is -2.00. The molecule has 0 aliphatic rings. The largest absolute Gasteiger partial charge is 0.481 e. The number of aromatic nitrogens is 1. The first-order valence-corrected chi connectivity index (χ1v) is 11.6. The fourth-order valence-corrected chi connectivity index (χ4v) is 5.14. The molecule has 2 aromatic heterocycles. The van der Waals surface area contributed by atoms with Gasteiger partial charge in [0.25, 0.3) is 5.69 Å². The van der Waals surface area contributed by atoms with Gasteiger partial charge >= 0.3 is 5.97 Å². The number of nitro benzene ring substituents is 1. The minimum atomic E-state index is -0.923. The van der Waals surface area contributed by atoms with E-state index in [1.165, 1.54) is 24.3 Å². The highest BCUT2D eigenvalue weighted by molar-refractivity contribution is 7.17. The topological polar surface area (TPSA) is 94.6 Å². The van der Waals surface area contributed by atoms with Gasteiger partial charge < -0.3 is 14.4 Å². The van der Waals surface area contributed by atoms with Crippen molar-refractivity contribution < 1.29 is 19.6 Å². The molecule has 0 saturated carbocycles. The molecule has 0 unspecified atom stereocenters. The number of nitrogens with zero attached hydrogens (tertiary/aromatic N) is 2. The second-order valence-corrected chi connectivity index (χ2v) is 9.11. The molecule has 0 saturated heterocycles. The van der Waals surface area contributed by atoms with E-state index in [9.17, 15) is 20.0 Å². The summed E-state index contributed by atoms with van der Waals surface area (Å²) in [5, 5.41) is 24.9. The van der Waals surface area contributed by atoms with Gasteiger partial charge in [-0.05, 0) is 58.3 Å². The van der Waals surface area contributed by atoms with E-state index in [1.54, 1.807) is 23.5 Å². The van der Waals surface area contributed by atoms with Crippen molar-refractivity contribution in [2.24, 2.45) is 0 Å². The standard InChI is InChI=1S/C25H17ClN2O5S/c26-17-4-9-23-21(11-17)16(14-34-23)13-27-12-15(10-24(29)30)20-2-1-3-22(25(20)27)33-19-7-5-18(6-8-19)28(31)32/h1-9,11-12,14H,10,13H2,(H,29,30). The molecule has 0 aliphatic heterocycles. The Morgan fingerprint density at radius 3 is 2.62 bits per heavy atom. The maximum atomic E-state index is 11.5. The number of para-hydroxylation sites is 1. The van der Waals surface area contributed by atoms with Crippen molar-refractivity contribution in [3.05, 3.63) is 98.5 Å². The van der Waals surface area contributed by atoms with E-state index >= 15 is 0 Å². The summed E-state index contributed by atoms with van der Waals surface area (Å²) in [6, 6.07) is 17.1. The Labute approximate surface area is 202 Å². The quantitative estimate of drug-likeness (QED) is 0.197. The van der Waals surface area contributed by atoms with E-state index in [1.807, 2.05) is 35.0 Å². The number of halogens is 1. The highest BCUT2D eigenvalue weighted by atomic mass is 35.5. The molecule has 0 amide bonds. The van der Waals surface area contributed by atoms with Crippen LogP contribution in [-0.4, -0.2) is 20.6 Å². The van der Waals surface area contributed by atoms with Gasteiger partial charge in [0, 0.05) is 40.0 Å². The van der Waals surface area contributed by atoms with Gasteiger partial charge in [0.15, 0.2) is 5.75 Å². The molecule has 1 N–H and O–H groups in total. The zero-order valence-corrected chi connectivity index (χ0v) is 19.2. The van der Waals surface area contributed by atoms with Gasteiger partial charge in [-0.1, -0.05) is 23.7 Å². The van der Waals surface area contributed by atoms with Gasteiger partial charge in [-0.25, -0.2) is 0 Å². The summed E-state index contributed by atoms with van der Waals surface area (Å²) in [6.07, 6.45) is 1.72. The third-order valence-electron chi connectivity index (χ3n) is 5.52. The summed E-state index contributed by atoms with van der Waals surface area (Å²) in [5.74, 6) is 0.0486. The predicted octanol–water partition coefficient (Wildman–Crippen LogP) is 6.89. The summed E-state index contributed by atoms with van der Waals surface area (Å²) < 4.78 is 9.20. The lowest BCUT2D eigenvalue weighted by molar-refractivity contribution is -0.384. The number of fused-ring (bicyclic) bond motifs is 2. The minimum Gasteiger partial charge on any atom is -0.481 e. The molecule has 170 valence electrons. The second kappa shape index (κ2) is 8.81. The molecule has 5 aromatic rings. The van der Waals surface area contributed by atoms with Crippen LogP contribution in [0.25, 0.3) is 21.0 Å². The van der Waals surface area contributed by atoms with Crippen molar-refractivity contribution >= 4 is 55.6 Å². The van der Waals surface area contributed by atoms with E-state index in [-0.39, 0.29) is 12.1 Å². The normalized spacial score (nSPS) is 11.2. The van der Waals surface area contributed by atoms with Crippen LogP contribution in [0.4, 0.5) is 5.69 Å². The number of aliphatic carboxylic acids is 1. The molecule has 0 spiro atoms. The number of nitro groups is 1. The number of carboxylic acid groups (broad SMARTS) is 1. The van der Waals surface area contributed by atoms with Crippen LogP contribution in [-0.2, 0) is 17.8 Å². The zero-order valence-electron chi connectivity index (χ0n) is 17.6. The molecule has 7 nitrogen and oxygen atoms in total. The Morgan fingerprint density at radius 1 is 1.09 bits per heavy atom. The van der Waals surface area contributed by atoms with E-state index < -0.39 is 10.9 Å². The fourth-order valence-electron chi connectivity index (χ4n) is 4.03. The van der Waals surface area contributed by atoms with Crippen molar-refractivity contribution in [2.75, 3.05) is 0 Å². The molecule has 0 radical (unpaired) electrons. The van der Waals surface area contributed by atoms with Crippen molar-refractivity contribution in [2.45, 2.75) is 13.0 Å². The molecule has 0 bridgehead atoms. The maximum Gasteiger partial charge on any atom is 0.307 e. The van der Waals surface area contributed by atoms with Gasteiger partial charge in [-0.15, -0.1) is 11.3 Å². The van der Waals surface area contributed by atoms with E-state index in [0.29, 0.717) is 28.6 Å². The molecule has 34 heavy (non-hydrogen) atoms. The minimum absolute atomic E-state index is 0.0272.